The average molecular weight is 280 g/mol. The Labute approximate surface area is 122 Å². The van der Waals surface area contributed by atoms with Crippen LogP contribution in [-0.4, -0.2) is 26.9 Å². The lowest BCUT2D eigenvalue weighted by atomic mass is 10.1. The molecule has 0 fully saturated rings. The molecule has 21 heavy (non-hydrogen) atoms. The van der Waals surface area contributed by atoms with Crippen LogP contribution in [0.1, 0.15) is 24.2 Å². The van der Waals surface area contributed by atoms with E-state index in [1.807, 2.05) is 32.2 Å². The second-order valence-electron chi connectivity index (χ2n) is 5.16. The first-order valence-electron chi connectivity index (χ1n) is 6.84. The molecule has 2 N–H and O–H groups in total. The second-order valence-corrected chi connectivity index (χ2v) is 5.16. The Balaban J connectivity index is 2.04. The van der Waals surface area contributed by atoms with Crippen LogP contribution in [0.2, 0.25) is 0 Å². The van der Waals surface area contributed by atoms with Gasteiger partial charge in [-0.25, -0.2) is 4.98 Å². The van der Waals surface area contributed by atoms with Crippen LogP contribution in [0.3, 0.4) is 0 Å². The molecule has 3 aromatic heterocycles. The Hall–Kier alpha value is -2.69. The van der Waals surface area contributed by atoms with Gasteiger partial charge in [-0.3, -0.25) is 9.78 Å². The molecule has 0 atom stereocenters. The van der Waals surface area contributed by atoms with Crippen LogP contribution < -0.4 is 5.32 Å². The predicted octanol–water partition coefficient (Wildman–Crippen LogP) is 2.76. The smallest absolute Gasteiger partial charge is 0.251 e. The maximum atomic E-state index is 12.1. The normalized spacial score (nSPS) is 11.0. The van der Waals surface area contributed by atoms with Crippen molar-refractivity contribution in [3.05, 3.63) is 48.4 Å². The van der Waals surface area contributed by atoms with Crippen molar-refractivity contribution in [3.63, 3.8) is 0 Å². The number of H-pyrrole nitrogens is 1. The minimum atomic E-state index is -0.0898. The lowest BCUT2D eigenvalue weighted by Crippen LogP contribution is -2.30. The van der Waals surface area contributed by atoms with Crippen molar-refractivity contribution in [1.29, 1.82) is 0 Å². The molecule has 0 saturated carbocycles. The van der Waals surface area contributed by atoms with E-state index in [4.69, 9.17) is 0 Å². The third-order valence-electron chi connectivity index (χ3n) is 3.18. The molecular formula is C16H16N4O. The summed E-state index contributed by atoms with van der Waals surface area (Å²) < 4.78 is 0. The molecule has 0 radical (unpaired) electrons. The minimum absolute atomic E-state index is 0.0898. The van der Waals surface area contributed by atoms with Crippen molar-refractivity contribution < 1.29 is 4.79 Å². The highest BCUT2D eigenvalue weighted by Gasteiger charge is 2.11. The fourth-order valence-corrected chi connectivity index (χ4v) is 2.25. The van der Waals surface area contributed by atoms with Gasteiger partial charge in [-0.05, 0) is 38.1 Å². The molecule has 0 aliphatic heterocycles. The van der Waals surface area contributed by atoms with Gasteiger partial charge >= 0.3 is 0 Å². The Kier molecular flexibility index (Phi) is 3.39. The number of aromatic amines is 1. The molecule has 3 heterocycles. The highest BCUT2D eigenvalue weighted by atomic mass is 16.1. The summed E-state index contributed by atoms with van der Waals surface area (Å²) in [5.41, 5.74) is 3.14. The third-order valence-corrected chi connectivity index (χ3v) is 3.18. The van der Waals surface area contributed by atoms with E-state index in [1.165, 1.54) is 0 Å². The average Bonchev–Trinajstić information content (AvgIpc) is 2.95. The number of fused-ring (bicyclic) bond motifs is 1. The van der Waals surface area contributed by atoms with Crippen LogP contribution in [0.15, 0.2) is 42.9 Å². The molecule has 0 saturated heterocycles. The van der Waals surface area contributed by atoms with Gasteiger partial charge in [-0.1, -0.05) is 0 Å². The highest BCUT2D eigenvalue weighted by molar-refractivity contribution is 5.97. The molecule has 5 heteroatoms. The molecule has 3 rings (SSSR count). The van der Waals surface area contributed by atoms with E-state index in [-0.39, 0.29) is 11.9 Å². The maximum absolute atomic E-state index is 12.1. The standard InChI is InChI=1S/C16H16N4O/c1-10(2)20-16(21)11-3-6-17-14(9-11)12-4-7-18-15-13(12)5-8-19-15/h3-10H,1-2H3,(H,18,19)(H,20,21). The van der Waals surface area contributed by atoms with Crippen LogP contribution in [0.25, 0.3) is 22.3 Å². The van der Waals surface area contributed by atoms with E-state index in [1.54, 1.807) is 24.5 Å². The fraction of sp³-hybridized carbons (Fsp3) is 0.188. The van der Waals surface area contributed by atoms with Crippen LogP contribution in [0.5, 0.6) is 0 Å². The van der Waals surface area contributed by atoms with Gasteiger partial charge in [0.2, 0.25) is 0 Å². The van der Waals surface area contributed by atoms with E-state index >= 15 is 0 Å². The third kappa shape index (κ3) is 2.63. The zero-order chi connectivity index (χ0) is 14.8. The van der Waals surface area contributed by atoms with Gasteiger partial charge in [-0.2, -0.15) is 0 Å². The molecule has 1 amide bonds. The number of nitrogens with zero attached hydrogens (tertiary/aromatic N) is 2. The van der Waals surface area contributed by atoms with Crippen LogP contribution >= 0.6 is 0 Å². The number of carbonyl (C=O) groups excluding carboxylic acids is 1. The van der Waals surface area contributed by atoms with Gasteiger partial charge in [0, 0.05) is 41.1 Å². The van der Waals surface area contributed by atoms with Crippen LogP contribution in [-0.2, 0) is 0 Å². The summed E-state index contributed by atoms with van der Waals surface area (Å²) in [6, 6.07) is 7.49. The number of nitrogens with one attached hydrogen (secondary N) is 2. The van der Waals surface area contributed by atoms with E-state index in [0.29, 0.717) is 5.56 Å². The minimum Gasteiger partial charge on any atom is -0.350 e. The first kappa shape index (κ1) is 13.3. The van der Waals surface area contributed by atoms with E-state index in [9.17, 15) is 4.79 Å². The van der Waals surface area contributed by atoms with Gasteiger partial charge in [0.05, 0.1) is 5.69 Å². The van der Waals surface area contributed by atoms with Gasteiger partial charge in [-0.15, -0.1) is 0 Å². The molecule has 0 aliphatic rings. The Morgan fingerprint density at radius 2 is 2.00 bits per heavy atom. The predicted molar refractivity (Wildman–Crippen MR) is 81.9 cm³/mol. The SMILES string of the molecule is CC(C)NC(=O)c1ccnc(-c2ccnc3[nH]ccc23)c1. The number of pyridine rings is 2. The molecule has 0 spiro atoms. The van der Waals surface area contributed by atoms with Crippen LogP contribution in [0.4, 0.5) is 0 Å². The quantitative estimate of drug-likeness (QED) is 0.775. The summed E-state index contributed by atoms with van der Waals surface area (Å²) >= 11 is 0. The van der Waals surface area contributed by atoms with Crippen molar-refractivity contribution in [1.82, 2.24) is 20.3 Å². The molecule has 106 valence electrons. The fourth-order valence-electron chi connectivity index (χ4n) is 2.25. The number of hydrogen-bond acceptors (Lipinski definition) is 3. The van der Waals surface area contributed by atoms with Crippen LogP contribution in [0, 0.1) is 0 Å². The number of rotatable bonds is 3. The molecule has 0 aliphatic carbocycles. The van der Waals surface area contributed by atoms with Gasteiger partial charge in [0.15, 0.2) is 0 Å². The summed E-state index contributed by atoms with van der Waals surface area (Å²) in [6.45, 7) is 3.87. The number of amides is 1. The van der Waals surface area contributed by atoms with E-state index < -0.39 is 0 Å². The lowest BCUT2D eigenvalue weighted by Gasteiger charge is -2.09. The second kappa shape index (κ2) is 5.36. The zero-order valence-electron chi connectivity index (χ0n) is 11.9. The van der Waals surface area contributed by atoms with Crippen molar-refractivity contribution in [2.75, 3.05) is 0 Å². The summed E-state index contributed by atoms with van der Waals surface area (Å²) in [5.74, 6) is -0.0898. The molecular weight excluding hydrogens is 264 g/mol. The molecule has 3 aromatic rings. The summed E-state index contributed by atoms with van der Waals surface area (Å²) in [5, 5.41) is 3.88. The molecule has 5 nitrogen and oxygen atoms in total. The van der Waals surface area contributed by atoms with E-state index in [2.05, 4.69) is 20.3 Å². The summed E-state index contributed by atoms with van der Waals surface area (Å²) in [6.07, 6.45) is 5.23. The maximum Gasteiger partial charge on any atom is 0.251 e. The van der Waals surface area contributed by atoms with Gasteiger partial charge in [0.25, 0.3) is 5.91 Å². The Morgan fingerprint density at radius 1 is 1.19 bits per heavy atom. The first-order chi connectivity index (χ1) is 10.1. The Morgan fingerprint density at radius 3 is 2.81 bits per heavy atom. The monoisotopic (exact) mass is 280 g/mol. The summed E-state index contributed by atoms with van der Waals surface area (Å²) in [7, 11) is 0. The van der Waals surface area contributed by atoms with Gasteiger partial charge < -0.3 is 10.3 Å². The van der Waals surface area contributed by atoms with Crippen molar-refractivity contribution in [2.45, 2.75) is 19.9 Å². The molecule has 0 unspecified atom stereocenters. The van der Waals surface area contributed by atoms with Crippen molar-refractivity contribution in [2.24, 2.45) is 0 Å². The highest BCUT2D eigenvalue weighted by Crippen LogP contribution is 2.25. The van der Waals surface area contributed by atoms with Crippen molar-refractivity contribution >= 4 is 16.9 Å². The van der Waals surface area contributed by atoms with Gasteiger partial charge in [0.1, 0.15) is 5.65 Å². The largest absolute Gasteiger partial charge is 0.350 e. The van der Waals surface area contributed by atoms with E-state index in [0.717, 1.165) is 22.3 Å². The topological polar surface area (TPSA) is 70.7 Å². The zero-order valence-corrected chi connectivity index (χ0v) is 11.9. The number of aromatic nitrogens is 3. The molecule has 0 aromatic carbocycles. The lowest BCUT2D eigenvalue weighted by molar-refractivity contribution is 0.0943. The van der Waals surface area contributed by atoms with Crippen molar-refractivity contribution in [3.8, 4) is 11.3 Å². The summed E-state index contributed by atoms with van der Waals surface area (Å²) in [4.78, 5) is 23.8. The Bertz CT molecular complexity index is 792. The molecule has 0 bridgehead atoms. The first-order valence-corrected chi connectivity index (χ1v) is 6.84. The number of carbonyl (C=O) groups is 1. The number of hydrogen-bond donors (Lipinski definition) is 2.